The highest BCUT2D eigenvalue weighted by Crippen LogP contribution is 2.18. The Morgan fingerprint density at radius 1 is 1.38 bits per heavy atom. The molecule has 1 rings (SSSR count). The molecule has 0 amide bonds. The van der Waals surface area contributed by atoms with Gasteiger partial charge in [0.2, 0.25) is 0 Å². The van der Waals surface area contributed by atoms with Gasteiger partial charge in [-0.1, -0.05) is 38.1 Å². The Labute approximate surface area is 98.3 Å². The molecule has 0 radical (unpaired) electrons. The zero-order chi connectivity index (χ0) is 11.8. The van der Waals surface area contributed by atoms with E-state index in [0.29, 0.717) is 5.92 Å². The lowest BCUT2D eigenvalue weighted by atomic mass is 10.2. The second kappa shape index (κ2) is 7.07. The average Bonchev–Trinajstić information content (AvgIpc) is 2.28. The standard InChI is InChI=1S/C14H21NO/c1-4-9-15-10-13-7-5-6-8-14(13)16-11-12(2)3/h4-8,12,15H,1,9-11H2,2-3H3. The van der Waals surface area contributed by atoms with E-state index >= 15 is 0 Å². The summed E-state index contributed by atoms with van der Waals surface area (Å²) in [6.07, 6.45) is 1.86. The van der Waals surface area contributed by atoms with E-state index in [1.54, 1.807) is 0 Å². The summed E-state index contributed by atoms with van der Waals surface area (Å²) in [6.45, 7) is 10.4. The quantitative estimate of drug-likeness (QED) is 0.562. The molecule has 0 aromatic heterocycles. The van der Waals surface area contributed by atoms with E-state index in [0.717, 1.165) is 25.4 Å². The fourth-order valence-corrected chi connectivity index (χ4v) is 1.36. The molecule has 1 aromatic rings. The normalized spacial score (nSPS) is 10.4. The molecule has 0 saturated heterocycles. The molecule has 88 valence electrons. The first-order valence-electron chi connectivity index (χ1n) is 5.76. The third-order valence-electron chi connectivity index (χ3n) is 2.15. The molecule has 2 heteroatoms. The third-order valence-corrected chi connectivity index (χ3v) is 2.15. The van der Waals surface area contributed by atoms with Crippen LogP contribution in [-0.2, 0) is 6.54 Å². The Balaban J connectivity index is 2.56. The van der Waals surface area contributed by atoms with Gasteiger partial charge in [-0.3, -0.25) is 0 Å². The van der Waals surface area contributed by atoms with Crippen LogP contribution in [0.15, 0.2) is 36.9 Å². The van der Waals surface area contributed by atoms with E-state index in [1.165, 1.54) is 5.56 Å². The molecule has 0 aliphatic rings. The van der Waals surface area contributed by atoms with E-state index in [4.69, 9.17) is 4.74 Å². The first-order chi connectivity index (χ1) is 7.74. The summed E-state index contributed by atoms with van der Waals surface area (Å²) in [5, 5.41) is 3.28. The molecular formula is C14H21NO. The third kappa shape index (κ3) is 4.49. The van der Waals surface area contributed by atoms with Gasteiger partial charge in [-0.15, -0.1) is 6.58 Å². The molecule has 1 N–H and O–H groups in total. The molecule has 2 nitrogen and oxygen atoms in total. The van der Waals surface area contributed by atoms with Gasteiger partial charge in [0.25, 0.3) is 0 Å². The van der Waals surface area contributed by atoms with Crippen LogP contribution in [0.25, 0.3) is 0 Å². The Hall–Kier alpha value is -1.28. The molecule has 0 spiro atoms. The van der Waals surface area contributed by atoms with Crippen molar-refractivity contribution >= 4 is 0 Å². The first-order valence-corrected chi connectivity index (χ1v) is 5.76. The SMILES string of the molecule is C=CCNCc1ccccc1OCC(C)C. The number of rotatable bonds is 7. The van der Waals surface area contributed by atoms with Gasteiger partial charge in [0.15, 0.2) is 0 Å². The van der Waals surface area contributed by atoms with Crippen molar-refractivity contribution in [2.24, 2.45) is 5.92 Å². The molecular weight excluding hydrogens is 198 g/mol. The summed E-state index contributed by atoms with van der Waals surface area (Å²) in [7, 11) is 0. The van der Waals surface area contributed by atoms with Crippen LogP contribution in [0.3, 0.4) is 0 Å². The highest BCUT2D eigenvalue weighted by Gasteiger charge is 2.03. The van der Waals surface area contributed by atoms with Crippen molar-refractivity contribution < 1.29 is 4.74 Å². The molecule has 0 heterocycles. The summed E-state index contributed by atoms with van der Waals surface area (Å²) in [5.41, 5.74) is 1.20. The number of para-hydroxylation sites is 1. The topological polar surface area (TPSA) is 21.3 Å². The number of hydrogen-bond donors (Lipinski definition) is 1. The van der Waals surface area contributed by atoms with Crippen LogP contribution in [0, 0.1) is 5.92 Å². The number of hydrogen-bond acceptors (Lipinski definition) is 2. The Kier molecular flexibility index (Phi) is 5.65. The van der Waals surface area contributed by atoms with Crippen molar-refractivity contribution in [1.82, 2.24) is 5.32 Å². The predicted molar refractivity (Wildman–Crippen MR) is 68.7 cm³/mol. The Bertz CT molecular complexity index is 320. The van der Waals surface area contributed by atoms with Crippen molar-refractivity contribution in [1.29, 1.82) is 0 Å². The molecule has 0 bridgehead atoms. The van der Waals surface area contributed by atoms with Crippen LogP contribution >= 0.6 is 0 Å². The summed E-state index contributed by atoms with van der Waals surface area (Å²) >= 11 is 0. The fourth-order valence-electron chi connectivity index (χ4n) is 1.36. The van der Waals surface area contributed by atoms with Crippen LogP contribution in [0.4, 0.5) is 0 Å². The molecule has 0 saturated carbocycles. The Morgan fingerprint density at radius 3 is 2.81 bits per heavy atom. The average molecular weight is 219 g/mol. The number of benzene rings is 1. The predicted octanol–water partition coefficient (Wildman–Crippen LogP) is 3.00. The first kappa shape index (κ1) is 12.8. The maximum atomic E-state index is 5.76. The number of ether oxygens (including phenoxy) is 1. The Morgan fingerprint density at radius 2 is 2.12 bits per heavy atom. The van der Waals surface area contributed by atoms with Crippen LogP contribution in [-0.4, -0.2) is 13.2 Å². The van der Waals surface area contributed by atoms with Crippen LogP contribution in [0.1, 0.15) is 19.4 Å². The number of nitrogens with one attached hydrogen (secondary N) is 1. The second-order valence-electron chi connectivity index (χ2n) is 4.23. The van der Waals surface area contributed by atoms with E-state index in [9.17, 15) is 0 Å². The van der Waals surface area contributed by atoms with Gasteiger partial charge < -0.3 is 10.1 Å². The minimum atomic E-state index is 0.550. The maximum absolute atomic E-state index is 5.76. The second-order valence-corrected chi connectivity index (χ2v) is 4.23. The van der Waals surface area contributed by atoms with Crippen molar-refractivity contribution in [3.05, 3.63) is 42.5 Å². The van der Waals surface area contributed by atoms with Crippen LogP contribution in [0.5, 0.6) is 5.75 Å². The molecule has 1 aromatic carbocycles. The van der Waals surface area contributed by atoms with Gasteiger partial charge in [-0.25, -0.2) is 0 Å². The van der Waals surface area contributed by atoms with Crippen LogP contribution in [0.2, 0.25) is 0 Å². The molecule has 0 fully saturated rings. The molecule has 0 atom stereocenters. The lowest BCUT2D eigenvalue weighted by Crippen LogP contribution is -2.14. The highest BCUT2D eigenvalue weighted by atomic mass is 16.5. The van der Waals surface area contributed by atoms with Gasteiger partial charge >= 0.3 is 0 Å². The van der Waals surface area contributed by atoms with E-state index in [1.807, 2.05) is 24.3 Å². The minimum Gasteiger partial charge on any atom is -0.493 e. The molecule has 0 aliphatic heterocycles. The van der Waals surface area contributed by atoms with Gasteiger partial charge in [0, 0.05) is 18.7 Å². The fraction of sp³-hybridized carbons (Fsp3) is 0.429. The lowest BCUT2D eigenvalue weighted by Gasteiger charge is -2.13. The largest absolute Gasteiger partial charge is 0.493 e. The monoisotopic (exact) mass is 219 g/mol. The van der Waals surface area contributed by atoms with E-state index in [-0.39, 0.29) is 0 Å². The zero-order valence-corrected chi connectivity index (χ0v) is 10.2. The van der Waals surface area contributed by atoms with Crippen molar-refractivity contribution in [2.45, 2.75) is 20.4 Å². The molecule has 0 unspecified atom stereocenters. The molecule has 0 aliphatic carbocycles. The van der Waals surface area contributed by atoms with Crippen molar-refractivity contribution in [3.8, 4) is 5.75 Å². The van der Waals surface area contributed by atoms with Crippen LogP contribution < -0.4 is 10.1 Å². The summed E-state index contributed by atoms with van der Waals surface area (Å²) in [4.78, 5) is 0. The van der Waals surface area contributed by atoms with Gasteiger partial charge in [0.1, 0.15) is 5.75 Å². The molecule has 16 heavy (non-hydrogen) atoms. The summed E-state index contributed by atoms with van der Waals surface area (Å²) in [6, 6.07) is 8.15. The van der Waals surface area contributed by atoms with Gasteiger partial charge in [-0.05, 0) is 12.0 Å². The van der Waals surface area contributed by atoms with Crippen molar-refractivity contribution in [2.75, 3.05) is 13.2 Å². The van der Waals surface area contributed by atoms with Gasteiger partial charge in [0.05, 0.1) is 6.61 Å². The smallest absolute Gasteiger partial charge is 0.123 e. The highest BCUT2D eigenvalue weighted by molar-refractivity contribution is 5.33. The summed E-state index contributed by atoms with van der Waals surface area (Å²) < 4.78 is 5.76. The van der Waals surface area contributed by atoms with E-state index in [2.05, 4.69) is 31.8 Å². The minimum absolute atomic E-state index is 0.550. The summed E-state index contributed by atoms with van der Waals surface area (Å²) in [5.74, 6) is 1.53. The lowest BCUT2D eigenvalue weighted by molar-refractivity contribution is 0.268. The van der Waals surface area contributed by atoms with E-state index < -0.39 is 0 Å². The maximum Gasteiger partial charge on any atom is 0.123 e. The van der Waals surface area contributed by atoms with Crippen molar-refractivity contribution in [3.63, 3.8) is 0 Å². The van der Waals surface area contributed by atoms with Gasteiger partial charge in [-0.2, -0.15) is 0 Å². The zero-order valence-electron chi connectivity index (χ0n) is 10.2.